The summed E-state index contributed by atoms with van der Waals surface area (Å²) in [5, 5.41) is 1.18. The third-order valence-corrected chi connectivity index (χ3v) is 5.21. The van der Waals surface area contributed by atoms with Crippen LogP contribution in [0, 0.1) is 11.7 Å². The molecule has 1 aromatic heterocycles. The number of allylic oxidation sites excluding steroid dienone is 1. The first kappa shape index (κ1) is 20.7. The maximum atomic E-state index is 14.6. The molecule has 3 heterocycles. The number of nitrogens with two attached hydrogens (primary N) is 2. The summed E-state index contributed by atoms with van der Waals surface area (Å²) in [6.07, 6.45) is 6.72. The number of nitrogens with zero attached hydrogens (tertiary/aromatic N) is 4. The summed E-state index contributed by atoms with van der Waals surface area (Å²) in [6, 6.07) is 6.06. The standard InChI is InChI=1S/C23H20ClFN6/c1-3-28-21-14(6-7-29-22(21)27)20(26)15-10-19(17-9-13(24)4-5-18(17)25)31-23-16(15)8-12(2)11-30-23/h3-10,12H,1,11,26H2,2H3,(H2,27,29)/b20-14-,28-21+. The van der Waals surface area contributed by atoms with E-state index in [2.05, 4.69) is 39.5 Å². The third-order valence-electron chi connectivity index (χ3n) is 4.98. The second kappa shape index (κ2) is 8.28. The number of hydrogen-bond acceptors (Lipinski definition) is 6. The summed E-state index contributed by atoms with van der Waals surface area (Å²) < 4.78 is 14.6. The highest BCUT2D eigenvalue weighted by Crippen LogP contribution is 2.26. The molecule has 4 N–H and O–H groups in total. The first-order valence-corrected chi connectivity index (χ1v) is 9.99. The van der Waals surface area contributed by atoms with Gasteiger partial charge in [0.25, 0.3) is 0 Å². The Morgan fingerprint density at radius 2 is 2.16 bits per heavy atom. The molecule has 1 aromatic carbocycles. The highest BCUT2D eigenvalue weighted by Gasteiger charge is 2.20. The normalized spacial score (nSPS) is 20.4. The Morgan fingerprint density at radius 3 is 2.94 bits per heavy atom. The Kier molecular flexibility index (Phi) is 5.52. The van der Waals surface area contributed by atoms with E-state index in [9.17, 15) is 4.39 Å². The van der Waals surface area contributed by atoms with Crippen molar-refractivity contribution in [1.82, 2.24) is 4.98 Å². The minimum atomic E-state index is -0.440. The number of aliphatic imine (C=N–C) groups is 2. The molecule has 1 atom stereocenters. The van der Waals surface area contributed by atoms with Crippen LogP contribution in [0.15, 0.2) is 69.9 Å². The Bertz CT molecular complexity index is 1340. The lowest BCUT2D eigenvalue weighted by molar-refractivity contribution is 0.630. The predicted octanol–water partition coefficient (Wildman–Crippen LogP) is 2.73. The first-order valence-electron chi connectivity index (χ1n) is 9.61. The van der Waals surface area contributed by atoms with Crippen LogP contribution in [0.2, 0.25) is 5.02 Å². The van der Waals surface area contributed by atoms with Gasteiger partial charge in [-0.2, -0.15) is 0 Å². The zero-order chi connectivity index (χ0) is 22.1. The van der Waals surface area contributed by atoms with E-state index in [0.717, 1.165) is 5.22 Å². The van der Waals surface area contributed by atoms with Gasteiger partial charge in [-0.3, -0.25) is 9.98 Å². The fraction of sp³-hybridized carbons (Fsp3) is 0.130. The molecule has 0 fully saturated rings. The highest BCUT2D eigenvalue weighted by atomic mass is 35.5. The molecule has 8 heteroatoms. The highest BCUT2D eigenvalue weighted by molar-refractivity contribution is 6.49. The average molecular weight is 435 g/mol. The number of aromatic nitrogens is 1. The molecule has 0 saturated heterocycles. The summed E-state index contributed by atoms with van der Waals surface area (Å²) in [4.78, 5) is 17.5. The lowest BCUT2D eigenvalue weighted by Crippen LogP contribution is -2.38. The molecular formula is C23H20ClFN6. The second-order valence-corrected chi connectivity index (χ2v) is 7.66. The molecule has 31 heavy (non-hydrogen) atoms. The van der Waals surface area contributed by atoms with E-state index in [4.69, 9.17) is 23.1 Å². The lowest BCUT2D eigenvalue weighted by Gasteiger charge is -2.17. The van der Waals surface area contributed by atoms with Crippen molar-refractivity contribution in [2.24, 2.45) is 32.4 Å². The number of rotatable bonds is 3. The molecule has 0 bridgehead atoms. The Morgan fingerprint density at radius 1 is 1.35 bits per heavy atom. The summed E-state index contributed by atoms with van der Waals surface area (Å²) in [5.41, 5.74) is 15.8. The van der Waals surface area contributed by atoms with Crippen LogP contribution in [0.5, 0.6) is 0 Å². The molecule has 2 aliphatic heterocycles. The van der Waals surface area contributed by atoms with Gasteiger partial charge in [-0.25, -0.2) is 14.4 Å². The van der Waals surface area contributed by atoms with Crippen molar-refractivity contribution < 1.29 is 4.39 Å². The fourth-order valence-corrected chi connectivity index (χ4v) is 3.68. The van der Waals surface area contributed by atoms with Crippen LogP contribution in [0.1, 0.15) is 12.5 Å². The molecule has 0 radical (unpaired) electrons. The molecule has 0 spiro atoms. The van der Waals surface area contributed by atoms with Gasteiger partial charge >= 0.3 is 0 Å². The third kappa shape index (κ3) is 3.92. The number of amidine groups is 1. The van der Waals surface area contributed by atoms with Crippen molar-refractivity contribution in [3.63, 3.8) is 0 Å². The number of halogens is 2. The molecule has 0 aliphatic carbocycles. The van der Waals surface area contributed by atoms with Gasteiger partial charge in [0.1, 0.15) is 17.4 Å². The van der Waals surface area contributed by atoms with Crippen LogP contribution >= 0.6 is 11.6 Å². The van der Waals surface area contributed by atoms with Crippen molar-refractivity contribution in [3.05, 3.63) is 82.0 Å². The van der Waals surface area contributed by atoms with Crippen LogP contribution in [-0.2, 0) is 0 Å². The number of pyridine rings is 1. The van der Waals surface area contributed by atoms with Crippen molar-refractivity contribution >= 4 is 34.9 Å². The van der Waals surface area contributed by atoms with Gasteiger partial charge in [0, 0.05) is 51.6 Å². The largest absolute Gasteiger partial charge is 0.398 e. The fourth-order valence-electron chi connectivity index (χ4n) is 3.51. The lowest BCUT2D eigenvalue weighted by atomic mass is 9.96. The molecule has 6 nitrogen and oxygen atoms in total. The number of benzene rings is 1. The summed E-state index contributed by atoms with van der Waals surface area (Å²) in [6.45, 7) is 6.28. The summed E-state index contributed by atoms with van der Waals surface area (Å²) in [7, 11) is 0. The summed E-state index contributed by atoms with van der Waals surface area (Å²) in [5.74, 6) is -0.00843. The van der Waals surface area contributed by atoms with Gasteiger partial charge in [0.15, 0.2) is 5.49 Å². The van der Waals surface area contributed by atoms with E-state index in [0.29, 0.717) is 45.3 Å². The van der Waals surface area contributed by atoms with Gasteiger partial charge in [-0.15, -0.1) is 0 Å². The van der Waals surface area contributed by atoms with Crippen LogP contribution in [0.25, 0.3) is 23.0 Å². The van der Waals surface area contributed by atoms with E-state index >= 15 is 0 Å². The molecule has 0 saturated carbocycles. The van der Waals surface area contributed by atoms with Gasteiger partial charge in [-0.05, 0) is 36.3 Å². The zero-order valence-electron chi connectivity index (χ0n) is 16.8. The van der Waals surface area contributed by atoms with Crippen LogP contribution in [0.3, 0.4) is 0 Å². The molecule has 4 rings (SSSR count). The van der Waals surface area contributed by atoms with E-state index in [1.54, 1.807) is 18.3 Å². The number of hydrogen-bond donors (Lipinski definition) is 2. The van der Waals surface area contributed by atoms with Gasteiger partial charge in [-0.1, -0.05) is 31.2 Å². The Balaban J connectivity index is 2.04. The smallest absolute Gasteiger partial charge is 0.155 e. The molecule has 2 aliphatic rings. The zero-order valence-corrected chi connectivity index (χ0v) is 17.6. The van der Waals surface area contributed by atoms with Crippen LogP contribution < -0.4 is 22.2 Å². The molecule has 156 valence electrons. The van der Waals surface area contributed by atoms with Crippen LogP contribution in [0.4, 0.5) is 4.39 Å². The van der Waals surface area contributed by atoms with Crippen LogP contribution in [-0.4, -0.2) is 23.1 Å². The van der Waals surface area contributed by atoms with Crippen molar-refractivity contribution in [2.45, 2.75) is 6.92 Å². The molecule has 2 aromatic rings. The van der Waals surface area contributed by atoms with Gasteiger partial charge in [0.2, 0.25) is 0 Å². The monoisotopic (exact) mass is 434 g/mol. The first-order chi connectivity index (χ1) is 14.9. The molecular weight excluding hydrogens is 415 g/mol. The van der Waals surface area contributed by atoms with Crippen molar-refractivity contribution in [2.75, 3.05) is 6.54 Å². The minimum Gasteiger partial charge on any atom is -0.398 e. The van der Waals surface area contributed by atoms with E-state index in [1.807, 2.05) is 0 Å². The molecule has 0 amide bonds. The topological polar surface area (TPSA) is 102 Å². The van der Waals surface area contributed by atoms with E-state index in [1.165, 1.54) is 24.4 Å². The SMILES string of the molecule is C=C/N=C1/C(N)=NC=C/C1=C(/N)c1cc(-c2cc(Cl)ccc2F)nc2c1=CC(C)CN=2. The quantitative estimate of drug-likeness (QED) is 0.776. The van der Waals surface area contributed by atoms with Crippen molar-refractivity contribution in [1.29, 1.82) is 0 Å². The summed E-state index contributed by atoms with van der Waals surface area (Å²) >= 11 is 6.10. The minimum absolute atomic E-state index is 0.203. The van der Waals surface area contributed by atoms with Gasteiger partial charge in [0.05, 0.1) is 5.69 Å². The Labute approximate surface area is 183 Å². The van der Waals surface area contributed by atoms with Gasteiger partial charge < -0.3 is 11.5 Å². The number of fused-ring (bicyclic) bond motifs is 1. The average Bonchev–Trinajstić information content (AvgIpc) is 2.76. The molecule has 1 unspecified atom stereocenters. The Hall–Kier alpha value is -3.58. The van der Waals surface area contributed by atoms with E-state index < -0.39 is 5.82 Å². The van der Waals surface area contributed by atoms with E-state index in [-0.39, 0.29) is 17.3 Å². The maximum absolute atomic E-state index is 14.6. The van der Waals surface area contributed by atoms with Crippen molar-refractivity contribution in [3.8, 4) is 11.3 Å². The predicted molar refractivity (Wildman–Crippen MR) is 123 cm³/mol. The maximum Gasteiger partial charge on any atom is 0.155 e. The second-order valence-electron chi connectivity index (χ2n) is 7.22.